The maximum atomic E-state index is 10.1. The Labute approximate surface area is 66.2 Å². The van der Waals surface area contributed by atoms with E-state index in [2.05, 4.69) is 5.32 Å². The molecule has 1 saturated heterocycles. The minimum absolute atomic E-state index is 0. The Balaban J connectivity index is 0.000000810. The smallest absolute Gasteiger partial charge is 0.309 e. The van der Waals surface area contributed by atoms with Crippen molar-refractivity contribution in [2.75, 3.05) is 6.54 Å². The van der Waals surface area contributed by atoms with E-state index in [1.54, 1.807) is 0 Å². The van der Waals surface area contributed by atoms with Crippen molar-refractivity contribution in [1.29, 1.82) is 0 Å². The molecule has 1 fully saturated rings. The number of carbonyl (C=O) groups is 1. The fourth-order valence-electron chi connectivity index (χ4n) is 1.26. The second-order valence-electron chi connectivity index (χ2n) is 2.52. The van der Waals surface area contributed by atoms with Gasteiger partial charge in [-0.3, -0.25) is 4.79 Å². The molecule has 0 aromatic rings. The standard InChI is InChI=1S/C6H11NO2.ClH/c8-6(9)4-5-2-1-3-7-5;/h5,7H,1-4H2,(H,8,9);1H/t5-;/m1./s1. The van der Waals surface area contributed by atoms with E-state index >= 15 is 0 Å². The van der Waals surface area contributed by atoms with Crippen LogP contribution >= 0.6 is 0 Å². The molecule has 0 aromatic carbocycles. The summed E-state index contributed by atoms with van der Waals surface area (Å²) in [4.78, 5) is 10.1. The van der Waals surface area contributed by atoms with E-state index in [1.165, 1.54) is 6.42 Å². The summed E-state index contributed by atoms with van der Waals surface area (Å²) in [5.74, 6) is -0.668. The maximum Gasteiger partial charge on any atom is 0.309 e. The number of carboxylic acids is 1. The summed E-state index contributed by atoms with van der Waals surface area (Å²) in [6.07, 6.45) is 2.59. The van der Waals surface area contributed by atoms with Gasteiger partial charge in [-0.25, -0.2) is 0 Å². The number of halogens is 1. The molecular weight excluding hydrogens is 154 g/mol. The van der Waals surface area contributed by atoms with Crippen LogP contribution in [0.5, 0.6) is 0 Å². The van der Waals surface area contributed by atoms with Crippen LogP contribution in [0.25, 0.3) is 0 Å². The first-order valence-electron chi connectivity index (χ1n) is 3.34. The van der Waals surface area contributed by atoms with Crippen LogP contribution in [-0.2, 0) is 4.79 Å². The topological polar surface area (TPSA) is 53.9 Å². The molecule has 3 nitrogen and oxygen atoms in total. The van der Waals surface area contributed by atoms with Gasteiger partial charge in [-0.15, -0.1) is 0 Å². The van der Waals surface area contributed by atoms with Gasteiger partial charge in [0.25, 0.3) is 0 Å². The van der Waals surface area contributed by atoms with Gasteiger partial charge < -0.3 is 22.8 Å². The SMILES string of the molecule is O=C(O)C[C@H]1CCC[NH2+]1.[Cl-]. The number of nitrogens with two attached hydrogens (primary N) is 1. The summed E-state index contributed by atoms with van der Waals surface area (Å²) in [6.45, 7) is 1.11. The number of aliphatic carboxylic acids is 1. The van der Waals surface area contributed by atoms with Crippen molar-refractivity contribution < 1.29 is 27.6 Å². The zero-order valence-corrected chi connectivity index (χ0v) is 6.47. The van der Waals surface area contributed by atoms with Crippen LogP contribution in [0.1, 0.15) is 19.3 Å². The highest BCUT2D eigenvalue weighted by molar-refractivity contribution is 5.67. The molecule has 0 saturated carbocycles. The van der Waals surface area contributed by atoms with Crippen molar-refractivity contribution in [1.82, 2.24) is 0 Å². The summed E-state index contributed by atoms with van der Waals surface area (Å²) in [5, 5.41) is 10.5. The molecule has 1 rings (SSSR count). The Hall–Kier alpha value is -0.280. The third kappa shape index (κ3) is 3.03. The van der Waals surface area contributed by atoms with Gasteiger partial charge in [-0.2, -0.15) is 0 Å². The molecule has 0 radical (unpaired) electrons. The van der Waals surface area contributed by atoms with E-state index in [9.17, 15) is 4.79 Å². The van der Waals surface area contributed by atoms with Gasteiger partial charge in [-0.05, 0) is 0 Å². The zero-order chi connectivity index (χ0) is 6.69. The van der Waals surface area contributed by atoms with Crippen molar-refractivity contribution in [3.8, 4) is 0 Å². The van der Waals surface area contributed by atoms with Gasteiger partial charge in [0.15, 0.2) is 0 Å². The third-order valence-corrected chi connectivity index (χ3v) is 1.72. The second kappa shape index (κ2) is 4.52. The van der Waals surface area contributed by atoms with Gasteiger partial charge in [0.2, 0.25) is 0 Å². The molecule has 0 aliphatic carbocycles. The van der Waals surface area contributed by atoms with Crippen molar-refractivity contribution in [3.63, 3.8) is 0 Å². The number of rotatable bonds is 2. The molecule has 0 aromatic heterocycles. The Morgan fingerprint density at radius 1 is 1.70 bits per heavy atom. The quantitative estimate of drug-likeness (QED) is 0.441. The van der Waals surface area contributed by atoms with E-state index in [0.29, 0.717) is 12.5 Å². The number of quaternary nitrogens is 1. The van der Waals surface area contributed by atoms with E-state index in [1.807, 2.05) is 0 Å². The summed E-state index contributed by atoms with van der Waals surface area (Å²) in [6, 6.07) is 0.363. The van der Waals surface area contributed by atoms with Gasteiger partial charge in [-0.1, -0.05) is 0 Å². The van der Waals surface area contributed by atoms with Gasteiger partial charge >= 0.3 is 5.97 Å². The molecule has 0 spiro atoms. The minimum Gasteiger partial charge on any atom is -1.00 e. The largest absolute Gasteiger partial charge is 1.00 e. The van der Waals surface area contributed by atoms with Gasteiger partial charge in [0.05, 0.1) is 19.0 Å². The first kappa shape index (κ1) is 9.72. The lowest BCUT2D eigenvalue weighted by Crippen LogP contribution is -3.00. The Morgan fingerprint density at radius 2 is 2.40 bits per heavy atom. The fourth-order valence-corrected chi connectivity index (χ4v) is 1.26. The fraction of sp³-hybridized carbons (Fsp3) is 0.833. The monoisotopic (exact) mass is 165 g/mol. The van der Waals surface area contributed by atoms with Crippen LogP contribution in [0.3, 0.4) is 0 Å². The Morgan fingerprint density at radius 3 is 2.80 bits per heavy atom. The lowest BCUT2D eigenvalue weighted by atomic mass is 10.2. The van der Waals surface area contributed by atoms with Crippen LogP contribution in [-0.4, -0.2) is 23.7 Å². The molecule has 1 atom stereocenters. The van der Waals surface area contributed by atoms with Crippen LogP contribution in [0, 0.1) is 0 Å². The molecule has 3 N–H and O–H groups in total. The van der Waals surface area contributed by atoms with E-state index in [-0.39, 0.29) is 12.4 Å². The molecule has 4 heteroatoms. The molecule has 10 heavy (non-hydrogen) atoms. The summed E-state index contributed by atoms with van der Waals surface area (Å²) in [5.41, 5.74) is 0. The first-order valence-corrected chi connectivity index (χ1v) is 3.34. The average molecular weight is 166 g/mol. The molecular formula is C6H12ClNO2. The predicted octanol–water partition coefficient (Wildman–Crippen LogP) is -3.81. The van der Waals surface area contributed by atoms with E-state index < -0.39 is 5.97 Å². The van der Waals surface area contributed by atoms with Crippen LogP contribution in [0.4, 0.5) is 0 Å². The molecule has 0 unspecified atom stereocenters. The van der Waals surface area contributed by atoms with Crippen molar-refractivity contribution in [3.05, 3.63) is 0 Å². The summed E-state index contributed by atoms with van der Waals surface area (Å²) < 4.78 is 0. The first-order chi connectivity index (χ1) is 4.29. The normalized spacial score (nSPS) is 23.8. The number of carboxylic acid groups (broad SMARTS) is 1. The summed E-state index contributed by atoms with van der Waals surface area (Å²) in [7, 11) is 0. The van der Waals surface area contributed by atoms with E-state index in [0.717, 1.165) is 13.0 Å². The average Bonchev–Trinajstić information content (AvgIpc) is 2.15. The van der Waals surface area contributed by atoms with Crippen molar-refractivity contribution in [2.24, 2.45) is 0 Å². The van der Waals surface area contributed by atoms with Crippen LogP contribution in [0.2, 0.25) is 0 Å². The predicted molar refractivity (Wildman–Crippen MR) is 32.1 cm³/mol. The van der Waals surface area contributed by atoms with E-state index in [4.69, 9.17) is 5.11 Å². The highest BCUT2D eigenvalue weighted by atomic mass is 35.5. The molecule has 0 bridgehead atoms. The van der Waals surface area contributed by atoms with Gasteiger partial charge in [0.1, 0.15) is 0 Å². The highest BCUT2D eigenvalue weighted by Crippen LogP contribution is 2.00. The van der Waals surface area contributed by atoms with Crippen LogP contribution in [0.15, 0.2) is 0 Å². The molecule has 1 aliphatic heterocycles. The van der Waals surface area contributed by atoms with Gasteiger partial charge in [0, 0.05) is 12.8 Å². The second-order valence-corrected chi connectivity index (χ2v) is 2.52. The molecule has 1 heterocycles. The zero-order valence-electron chi connectivity index (χ0n) is 5.72. The summed E-state index contributed by atoms with van der Waals surface area (Å²) >= 11 is 0. The number of hydrogen-bond acceptors (Lipinski definition) is 1. The lowest BCUT2D eigenvalue weighted by Gasteiger charge is -2.00. The Bertz CT molecular complexity index is 112. The van der Waals surface area contributed by atoms with Crippen LogP contribution < -0.4 is 17.7 Å². The highest BCUT2D eigenvalue weighted by Gasteiger charge is 2.20. The molecule has 0 amide bonds. The van der Waals surface area contributed by atoms with Crippen molar-refractivity contribution in [2.45, 2.75) is 25.3 Å². The maximum absolute atomic E-state index is 10.1. The number of hydrogen-bond donors (Lipinski definition) is 2. The third-order valence-electron chi connectivity index (χ3n) is 1.72. The van der Waals surface area contributed by atoms with Crippen molar-refractivity contribution >= 4 is 5.97 Å². The Kier molecular flexibility index (Phi) is 4.40. The molecule has 1 aliphatic rings. The lowest BCUT2D eigenvalue weighted by molar-refractivity contribution is -0.669. The minimum atomic E-state index is -0.668. The molecule has 60 valence electrons.